The number of nitrogens with zero attached hydrogens (tertiary/aromatic N) is 4. The third kappa shape index (κ3) is 4.28. The fourth-order valence-electron chi connectivity index (χ4n) is 2.75. The van der Waals surface area contributed by atoms with Gasteiger partial charge in [-0.15, -0.1) is 11.5 Å². The molecule has 1 saturated heterocycles. The normalized spacial score (nSPS) is 18.2. The molecule has 0 spiro atoms. The fourth-order valence-corrected chi connectivity index (χ4v) is 3.64. The maximum Gasteiger partial charge on any atom is 0.238 e. The predicted octanol–water partition coefficient (Wildman–Crippen LogP) is 1.37. The number of terminal acetylenes is 1. The molecule has 0 bridgehead atoms. The number of rotatable bonds is 2. The van der Waals surface area contributed by atoms with Gasteiger partial charge in [-0.2, -0.15) is 4.31 Å². The zero-order chi connectivity index (χ0) is 19.5. The Morgan fingerprint density at radius 2 is 2.19 bits per heavy atom. The molecule has 0 saturated carbocycles. The molecule has 2 N–H and O–H groups in total. The number of sulfonamides is 1. The minimum absolute atomic E-state index is 0.0405. The molecule has 7 nitrogen and oxygen atoms in total. The standard InChI is InChI=1S/C10H9FN4.C6H12FNO2S/c1-3-6-7(4-2)15-8(9(6)11)5-13-10(12)14-15;1-11(9,10)8-4-2-3-6(7)5-8/h1,5H,4H2,2H3,(H2,12,14);6H,2-5H2,1H3. The largest absolute Gasteiger partial charge is 0.367 e. The van der Waals surface area contributed by atoms with Crippen LogP contribution >= 0.6 is 0 Å². The maximum atomic E-state index is 13.7. The lowest BCUT2D eigenvalue weighted by Crippen LogP contribution is -2.39. The summed E-state index contributed by atoms with van der Waals surface area (Å²) in [4.78, 5) is 3.73. The number of alkyl halides is 1. The Hall–Kier alpha value is -2.25. The Morgan fingerprint density at radius 3 is 2.69 bits per heavy atom. The van der Waals surface area contributed by atoms with E-state index >= 15 is 0 Å². The summed E-state index contributed by atoms with van der Waals surface area (Å²) in [6, 6.07) is 0. The van der Waals surface area contributed by atoms with Crippen LogP contribution in [0.1, 0.15) is 31.0 Å². The van der Waals surface area contributed by atoms with E-state index in [1.165, 1.54) is 15.0 Å². The van der Waals surface area contributed by atoms with E-state index in [4.69, 9.17) is 12.2 Å². The number of piperidine rings is 1. The molecule has 2 aromatic rings. The van der Waals surface area contributed by atoms with Crippen LogP contribution in [-0.4, -0.2) is 52.8 Å². The average Bonchev–Trinajstić information content (AvgIpc) is 2.85. The van der Waals surface area contributed by atoms with E-state index in [1.54, 1.807) is 0 Å². The van der Waals surface area contributed by atoms with Gasteiger partial charge in [0, 0.05) is 13.1 Å². The molecule has 3 heterocycles. The van der Waals surface area contributed by atoms with E-state index in [0.29, 0.717) is 31.5 Å². The van der Waals surface area contributed by atoms with E-state index in [2.05, 4.69) is 16.0 Å². The molecule has 142 valence electrons. The van der Waals surface area contributed by atoms with Gasteiger partial charge in [-0.05, 0) is 19.3 Å². The molecular weight excluding hydrogens is 364 g/mol. The number of anilines is 1. The Balaban J connectivity index is 0.000000197. The molecular formula is C16H21F2N5O2S. The van der Waals surface area contributed by atoms with Gasteiger partial charge in [0.05, 0.1) is 23.7 Å². The van der Waals surface area contributed by atoms with Crippen LogP contribution < -0.4 is 5.73 Å². The number of nitrogens with two attached hydrogens (primary N) is 1. The molecule has 10 heteroatoms. The van der Waals surface area contributed by atoms with Gasteiger partial charge >= 0.3 is 0 Å². The lowest BCUT2D eigenvalue weighted by molar-refractivity contribution is 0.203. The van der Waals surface area contributed by atoms with E-state index < -0.39 is 22.0 Å². The summed E-state index contributed by atoms with van der Waals surface area (Å²) in [6.07, 6.45) is 8.43. The molecule has 0 amide bonds. The molecule has 1 unspecified atom stereocenters. The summed E-state index contributed by atoms with van der Waals surface area (Å²) in [5.41, 5.74) is 6.56. The number of aryl methyl sites for hydroxylation is 1. The number of hydrogen-bond donors (Lipinski definition) is 1. The molecule has 1 fully saturated rings. The Kier molecular flexibility index (Phi) is 6.15. The van der Waals surface area contributed by atoms with Gasteiger partial charge in [-0.25, -0.2) is 26.7 Å². The van der Waals surface area contributed by atoms with Crippen LogP contribution in [0.3, 0.4) is 0 Å². The van der Waals surface area contributed by atoms with Crippen LogP contribution in [0.4, 0.5) is 14.7 Å². The van der Waals surface area contributed by atoms with E-state index in [1.807, 2.05) is 6.92 Å². The lowest BCUT2D eigenvalue weighted by atomic mass is 10.1. The zero-order valence-corrected chi connectivity index (χ0v) is 15.4. The van der Waals surface area contributed by atoms with Crippen LogP contribution in [-0.2, 0) is 16.4 Å². The van der Waals surface area contributed by atoms with E-state index in [-0.39, 0.29) is 23.6 Å². The number of aromatic nitrogens is 3. The third-order valence-corrected chi connectivity index (χ3v) is 5.28. The quantitative estimate of drug-likeness (QED) is 0.788. The van der Waals surface area contributed by atoms with Crippen LogP contribution in [0, 0.1) is 18.2 Å². The van der Waals surface area contributed by atoms with Crippen LogP contribution in [0.25, 0.3) is 5.52 Å². The summed E-state index contributed by atoms with van der Waals surface area (Å²) in [5, 5.41) is 3.92. The molecule has 0 aromatic carbocycles. The monoisotopic (exact) mass is 385 g/mol. The van der Waals surface area contributed by atoms with Gasteiger partial charge in [0.15, 0.2) is 5.82 Å². The van der Waals surface area contributed by atoms with Gasteiger partial charge in [0.25, 0.3) is 0 Å². The fraction of sp³-hybridized carbons (Fsp3) is 0.500. The van der Waals surface area contributed by atoms with Crippen molar-refractivity contribution in [2.75, 3.05) is 25.1 Å². The average molecular weight is 385 g/mol. The van der Waals surface area contributed by atoms with Crippen molar-refractivity contribution in [2.24, 2.45) is 0 Å². The third-order valence-electron chi connectivity index (χ3n) is 4.01. The highest BCUT2D eigenvalue weighted by Crippen LogP contribution is 2.20. The number of nitrogen functional groups attached to an aromatic ring is 1. The van der Waals surface area contributed by atoms with Crippen molar-refractivity contribution < 1.29 is 17.2 Å². The molecule has 0 radical (unpaired) electrons. The Labute approximate surface area is 151 Å². The first kappa shape index (κ1) is 20.1. The van der Waals surface area contributed by atoms with Crippen molar-refractivity contribution in [3.8, 4) is 12.3 Å². The first-order chi connectivity index (χ1) is 12.2. The topological polar surface area (TPSA) is 93.6 Å². The Morgan fingerprint density at radius 1 is 1.50 bits per heavy atom. The number of fused-ring (bicyclic) bond motifs is 1. The van der Waals surface area contributed by atoms with Crippen molar-refractivity contribution in [3.63, 3.8) is 0 Å². The summed E-state index contributed by atoms with van der Waals surface area (Å²) >= 11 is 0. The molecule has 26 heavy (non-hydrogen) atoms. The van der Waals surface area contributed by atoms with Crippen molar-refractivity contribution >= 4 is 21.5 Å². The van der Waals surface area contributed by atoms with Gasteiger partial charge < -0.3 is 5.73 Å². The second kappa shape index (κ2) is 7.97. The minimum Gasteiger partial charge on any atom is -0.367 e. The number of halogens is 2. The highest BCUT2D eigenvalue weighted by molar-refractivity contribution is 7.88. The zero-order valence-electron chi connectivity index (χ0n) is 14.6. The molecule has 3 rings (SSSR count). The highest BCUT2D eigenvalue weighted by Gasteiger charge is 2.25. The van der Waals surface area contributed by atoms with Crippen molar-refractivity contribution in [2.45, 2.75) is 32.4 Å². The van der Waals surface area contributed by atoms with Crippen LogP contribution in [0.15, 0.2) is 6.20 Å². The molecule has 1 aliphatic heterocycles. The molecule has 1 aliphatic rings. The first-order valence-electron chi connectivity index (χ1n) is 8.06. The highest BCUT2D eigenvalue weighted by atomic mass is 32.2. The molecule has 0 aliphatic carbocycles. The van der Waals surface area contributed by atoms with Crippen molar-refractivity contribution in [3.05, 3.63) is 23.3 Å². The van der Waals surface area contributed by atoms with Crippen molar-refractivity contribution in [1.29, 1.82) is 0 Å². The van der Waals surface area contributed by atoms with Crippen LogP contribution in [0.5, 0.6) is 0 Å². The minimum atomic E-state index is -3.17. The summed E-state index contributed by atoms with van der Waals surface area (Å²) < 4.78 is 50.8. The lowest BCUT2D eigenvalue weighted by Gasteiger charge is -2.26. The summed E-state index contributed by atoms with van der Waals surface area (Å²) in [7, 11) is -3.17. The van der Waals surface area contributed by atoms with Gasteiger partial charge in [-0.3, -0.25) is 0 Å². The van der Waals surface area contributed by atoms with Gasteiger partial charge in [0.1, 0.15) is 11.7 Å². The summed E-state index contributed by atoms with van der Waals surface area (Å²) in [5.74, 6) is 1.95. The van der Waals surface area contributed by atoms with E-state index in [9.17, 15) is 17.2 Å². The smallest absolute Gasteiger partial charge is 0.238 e. The summed E-state index contributed by atoms with van der Waals surface area (Å²) in [6.45, 7) is 2.39. The molecule has 2 aromatic heterocycles. The second-order valence-corrected chi connectivity index (χ2v) is 7.89. The first-order valence-corrected chi connectivity index (χ1v) is 9.91. The second-order valence-electron chi connectivity index (χ2n) is 5.91. The number of hydrogen-bond acceptors (Lipinski definition) is 5. The van der Waals surface area contributed by atoms with Crippen LogP contribution in [0.2, 0.25) is 0 Å². The Bertz CT molecular complexity index is 936. The van der Waals surface area contributed by atoms with Gasteiger partial charge in [-0.1, -0.05) is 12.8 Å². The van der Waals surface area contributed by atoms with Crippen molar-refractivity contribution in [1.82, 2.24) is 18.9 Å². The maximum absolute atomic E-state index is 13.7. The predicted molar refractivity (Wildman–Crippen MR) is 95.2 cm³/mol. The molecule has 1 atom stereocenters. The SMILES string of the molecule is C#Cc1c(F)c2cnc(N)nn2c1CC.CS(=O)(=O)N1CCCC(F)C1. The van der Waals surface area contributed by atoms with E-state index in [0.717, 1.165) is 6.26 Å². The van der Waals surface area contributed by atoms with Gasteiger partial charge in [0.2, 0.25) is 16.0 Å².